The van der Waals surface area contributed by atoms with E-state index in [9.17, 15) is 0 Å². The molecule has 0 saturated carbocycles. The summed E-state index contributed by atoms with van der Waals surface area (Å²) >= 11 is 5.78. The maximum Gasteiger partial charge on any atom is 0.228 e. The van der Waals surface area contributed by atoms with Crippen LogP contribution in [0.3, 0.4) is 0 Å². The molecule has 0 aliphatic rings. The molecule has 7 nitrogen and oxygen atoms in total. The van der Waals surface area contributed by atoms with E-state index in [1.165, 1.54) is 0 Å². The molecule has 2 N–H and O–H groups in total. The Balaban J connectivity index is 2.32. The molecule has 8 heteroatoms. The molecule has 0 spiro atoms. The predicted octanol–water partition coefficient (Wildman–Crippen LogP) is 1.03. The number of nitrogens with one attached hydrogen (secondary N) is 2. The third-order valence-electron chi connectivity index (χ3n) is 1.90. The number of anilines is 2. The molecule has 1 aromatic heterocycles. The van der Waals surface area contributed by atoms with Gasteiger partial charge in [0.05, 0.1) is 19.8 Å². The summed E-state index contributed by atoms with van der Waals surface area (Å²) in [5, 5.41) is 6.14. The molecule has 0 aliphatic carbocycles. The highest BCUT2D eigenvalue weighted by Crippen LogP contribution is 2.08. The van der Waals surface area contributed by atoms with E-state index in [0.29, 0.717) is 38.3 Å². The van der Waals surface area contributed by atoms with Gasteiger partial charge in [0.1, 0.15) is 0 Å². The van der Waals surface area contributed by atoms with Crippen molar-refractivity contribution in [3.8, 4) is 0 Å². The van der Waals surface area contributed by atoms with Gasteiger partial charge < -0.3 is 20.1 Å². The number of aromatic nitrogens is 3. The van der Waals surface area contributed by atoms with Crippen molar-refractivity contribution >= 4 is 23.5 Å². The first kappa shape index (κ1) is 14.9. The third kappa shape index (κ3) is 5.95. The number of hydrogen-bond acceptors (Lipinski definition) is 7. The Bertz CT molecular complexity index is 353. The average molecular weight is 276 g/mol. The van der Waals surface area contributed by atoms with E-state index in [2.05, 4.69) is 25.6 Å². The Kier molecular flexibility index (Phi) is 7.31. The minimum atomic E-state index is 0.156. The van der Waals surface area contributed by atoms with Crippen LogP contribution in [0, 0.1) is 0 Å². The van der Waals surface area contributed by atoms with Crippen molar-refractivity contribution in [2.24, 2.45) is 0 Å². The van der Waals surface area contributed by atoms with E-state index in [1.807, 2.05) is 6.92 Å². The first-order valence-electron chi connectivity index (χ1n) is 5.72. The van der Waals surface area contributed by atoms with Gasteiger partial charge in [-0.15, -0.1) is 0 Å². The van der Waals surface area contributed by atoms with Crippen molar-refractivity contribution < 1.29 is 9.47 Å². The fourth-order valence-corrected chi connectivity index (χ4v) is 1.31. The molecular formula is C10H18ClN5O2. The van der Waals surface area contributed by atoms with Gasteiger partial charge in [0, 0.05) is 20.2 Å². The maximum absolute atomic E-state index is 5.78. The van der Waals surface area contributed by atoms with Gasteiger partial charge in [-0.25, -0.2) is 0 Å². The first-order valence-corrected chi connectivity index (χ1v) is 6.10. The third-order valence-corrected chi connectivity index (χ3v) is 2.07. The molecule has 1 heterocycles. The monoisotopic (exact) mass is 275 g/mol. The quantitative estimate of drug-likeness (QED) is 0.652. The van der Waals surface area contributed by atoms with E-state index in [4.69, 9.17) is 21.1 Å². The van der Waals surface area contributed by atoms with Gasteiger partial charge in [0.15, 0.2) is 0 Å². The lowest BCUT2D eigenvalue weighted by atomic mass is 10.6. The summed E-state index contributed by atoms with van der Waals surface area (Å²) in [5.74, 6) is 0.890. The molecule has 0 bridgehead atoms. The number of ether oxygens (including phenoxy) is 2. The highest BCUT2D eigenvalue weighted by molar-refractivity contribution is 6.28. The molecule has 0 aliphatic heterocycles. The van der Waals surface area contributed by atoms with Crippen molar-refractivity contribution in [3.63, 3.8) is 0 Å². The normalized spacial score (nSPS) is 10.4. The molecule has 18 heavy (non-hydrogen) atoms. The largest absolute Gasteiger partial charge is 0.382 e. The van der Waals surface area contributed by atoms with E-state index in [-0.39, 0.29) is 5.28 Å². The van der Waals surface area contributed by atoms with Crippen LogP contribution in [0.5, 0.6) is 0 Å². The zero-order valence-corrected chi connectivity index (χ0v) is 11.3. The summed E-state index contributed by atoms with van der Waals surface area (Å²) in [6.07, 6.45) is 0. The second kappa shape index (κ2) is 8.84. The Hall–Kier alpha value is -1.18. The summed E-state index contributed by atoms with van der Waals surface area (Å²) in [4.78, 5) is 12.0. The Labute approximate surface area is 111 Å². The lowest BCUT2D eigenvalue weighted by Gasteiger charge is -2.07. The second-order valence-electron chi connectivity index (χ2n) is 3.31. The van der Waals surface area contributed by atoms with Crippen molar-refractivity contribution in [3.05, 3.63) is 5.28 Å². The summed E-state index contributed by atoms with van der Waals surface area (Å²) in [6.45, 7) is 4.97. The van der Waals surface area contributed by atoms with Gasteiger partial charge in [-0.2, -0.15) is 15.0 Å². The Morgan fingerprint density at radius 3 is 2.44 bits per heavy atom. The molecule has 1 aromatic rings. The van der Waals surface area contributed by atoms with Gasteiger partial charge in [0.25, 0.3) is 0 Å². The van der Waals surface area contributed by atoms with Crippen LogP contribution >= 0.6 is 11.6 Å². The fraction of sp³-hybridized carbons (Fsp3) is 0.700. The highest BCUT2D eigenvalue weighted by atomic mass is 35.5. The number of halogens is 1. The number of nitrogens with zero attached hydrogens (tertiary/aromatic N) is 3. The molecule has 0 aromatic carbocycles. The minimum Gasteiger partial charge on any atom is -0.382 e. The van der Waals surface area contributed by atoms with Gasteiger partial charge in [0.2, 0.25) is 17.2 Å². The van der Waals surface area contributed by atoms with E-state index in [0.717, 1.165) is 6.54 Å². The highest BCUT2D eigenvalue weighted by Gasteiger charge is 2.03. The summed E-state index contributed by atoms with van der Waals surface area (Å²) < 4.78 is 10.2. The lowest BCUT2D eigenvalue weighted by Crippen LogP contribution is -2.14. The Morgan fingerprint density at radius 2 is 1.78 bits per heavy atom. The zero-order chi connectivity index (χ0) is 13.2. The topological polar surface area (TPSA) is 81.2 Å². The average Bonchev–Trinajstić information content (AvgIpc) is 2.33. The van der Waals surface area contributed by atoms with E-state index in [1.54, 1.807) is 7.11 Å². The van der Waals surface area contributed by atoms with Crippen LogP contribution < -0.4 is 10.6 Å². The molecule has 0 amide bonds. The standard InChI is InChI=1S/C10H18ClN5O2/c1-3-12-9-14-8(11)15-10(16-9)13-4-5-18-7-6-17-2/h3-7H2,1-2H3,(H2,12,13,14,15,16). The van der Waals surface area contributed by atoms with E-state index >= 15 is 0 Å². The molecule has 1 rings (SSSR count). The molecular weight excluding hydrogens is 258 g/mol. The first-order chi connectivity index (χ1) is 8.76. The summed E-state index contributed by atoms with van der Waals surface area (Å²) in [6, 6.07) is 0. The smallest absolute Gasteiger partial charge is 0.228 e. The predicted molar refractivity (Wildman–Crippen MR) is 70.2 cm³/mol. The zero-order valence-electron chi connectivity index (χ0n) is 10.6. The SMILES string of the molecule is CCNc1nc(Cl)nc(NCCOCCOC)n1. The number of rotatable bonds is 9. The van der Waals surface area contributed by atoms with Crippen LogP contribution in [0.2, 0.25) is 5.28 Å². The van der Waals surface area contributed by atoms with Crippen molar-refractivity contribution in [2.45, 2.75) is 6.92 Å². The molecule has 0 saturated heterocycles. The van der Waals surface area contributed by atoms with Gasteiger partial charge >= 0.3 is 0 Å². The molecule has 102 valence electrons. The minimum absolute atomic E-state index is 0.156. The number of hydrogen-bond donors (Lipinski definition) is 2. The van der Waals surface area contributed by atoms with Gasteiger partial charge in [-0.05, 0) is 18.5 Å². The number of methoxy groups -OCH3 is 1. The van der Waals surface area contributed by atoms with Crippen LogP contribution in [0.1, 0.15) is 6.92 Å². The molecule has 0 fully saturated rings. The van der Waals surface area contributed by atoms with Crippen LogP contribution in [-0.4, -0.2) is 55.0 Å². The molecule has 0 radical (unpaired) electrons. The van der Waals surface area contributed by atoms with Crippen molar-refractivity contribution in [2.75, 3.05) is 50.7 Å². The second-order valence-corrected chi connectivity index (χ2v) is 3.65. The van der Waals surface area contributed by atoms with Crippen LogP contribution in [0.15, 0.2) is 0 Å². The van der Waals surface area contributed by atoms with Gasteiger partial charge in [-0.1, -0.05) is 0 Å². The van der Waals surface area contributed by atoms with Crippen LogP contribution in [0.4, 0.5) is 11.9 Å². The molecule has 0 unspecified atom stereocenters. The van der Waals surface area contributed by atoms with Crippen LogP contribution in [0.25, 0.3) is 0 Å². The maximum atomic E-state index is 5.78. The summed E-state index contributed by atoms with van der Waals surface area (Å²) in [5.41, 5.74) is 0. The molecule has 0 atom stereocenters. The lowest BCUT2D eigenvalue weighted by molar-refractivity contribution is 0.0759. The van der Waals surface area contributed by atoms with Gasteiger partial charge in [-0.3, -0.25) is 0 Å². The summed E-state index contributed by atoms with van der Waals surface area (Å²) in [7, 11) is 1.64. The van der Waals surface area contributed by atoms with Crippen molar-refractivity contribution in [1.82, 2.24) is 15.0 Å². The van der Waals surface area contributed by atoms with Crippen LogP contribution in [-0.2, 0) is 9.47 Å². The Morgan fingerprint density at radius 1 is 1.06 bits per heavy atom. The van der Waals surface area contributed by atoms with E-state index < -0.39 is 0 Å². The van der Waals surface area contributed by atoms with Crippen molar-refractivity contribution in [1.29, 1.82) is 0 Å². The fourth-order valence-electron chi connectivity index (χ4n) is 1.15.